The third kappa shape index (κ3) is 2.50. The van der Waals surface area contributed by atoms with Crippen LogP contribution in [0.4, 0.5) is 0 Å². The van der Waals surface area contributed by atoms with E-state index in [2.05, 4.69) is 12.6 Å². The van der Waals surface area contributed by atoms with Crippen molar-refractivity contribution in [1.29, 1.82) is 0 Å². The highest BCUT2D eigenvalue weighted by Gasteiger charge is 2.22. The fourth-order valence-corrected chi connectivity index (χ4v) is 2.65. The Kier molecular flexibility index (Phi) is 3.38. The summed E-state index contributed by atoms with van der Waals surface area (Å²) in [6, 6.07) is 18.1. The van der Waals surface area contributed by atoms with Crippen LogP contribution in [0, 0.1) is 0 Å². The Hall–Kier alpha value is -2.35. The Bertz CT molecular complexity index is 645. The van der Waals surface area contributed by atoms with E-state index in [4.69, 9.17) is 0 Å². The van der Waals surface area contributed by atoms with Gasteiger partial charge in [-0.15, -0.1) is 0 Å². The van der Waals surface area contributed by atoms with E-state index in [1.54, 1.807) is 0 Å². The monoisotopic (exact) mass is 263 g/mol. The molecule has 0 aromatic heterocycles. The van der Waals surface area contributed by atoms with Gasteiger partial charge in [0.05, 0.1) is 6.42 Å². The normalized spacial score (nSPS) is 14.9. The van der Waals surface area contributed by atoms with Crippen LogP contribution in [-0.4, -0.2) is 17.4 Å². The quantitative estimate of drug-likeness (QED) is 0.814. The second kappa shape index (κ2) is 5.33. The van der Waals surface area contributed by atoms with Crippen molar-refractivity contribution in [3.8, 4) is 0 Å². The van der Waals surface area contributed by atoms with Crippen LogP contribution in [0.15, 0.2) is 61.2 Å². The molecule has 1 heterocycles. The smallest absolute Gasteiger partial charge is 0.227 e. The summed E-state index contributed by atoms with van der Waals surface area (Å²) in [7, 11) is 0. The highest BCUT2D eigenvalue weighted by Crippen LogP contribution is 2.24. The fourth-order valence-electron chi connectivity index (χ4n) is 2.65. The maximum atomic E-state index is 12.4. The molecule has 0 bridgehead atoms. The lowest BCUT2D eigenvalue weighted by Crippen LogP contribution is -2.31. The molecule has 100 valence electrons. The maximum absolute atomic E-state index is 12.4. The van der Waals surface area contributed by atoms with Crippen LogP contribution in [-0.2, 0) is 17.8 Å². The van der Waals surface area contributed by atoms with Crippen LogP contribution in [0.25, 0.3) is 5.57 Å². The first-order chi connectivity index (χ1) is 9.74. The minimum Gasteiger partial charge on any atom is -0.334 e. The van der Waals surface area contributed by atoms with Crippen molar-refractivity contribution in [3.05, 3.63) is 77.9 Å². The topological polar surface area (TPSA) is 20.3 Å². The van der Waals surface area contributed by atoms with Gasteiger partial charge in [-0.25, -0.2) is 0 Å². The Morgan fingerprint density at radius 2 is 1.70 bits per heavy atom. The largest absolute Gasteiger partial charge is 0.334 e. The van der Waals surface area contributed by atoms with Crippen molar-refractivity contribution in [2.45, 2.75) is 13.0 Å². The number of amides is 1. The lowest BCUT2D eigenvalue weighted by Gasteiger charge is -2.21. The Morgan fingerprint density at radius 1 is 1.00 bits per heavy atom. The zero-order chi connectivity index (χ0) is 13.9. The molecule has 0 saturated carbocycles. The van der Waals surface area contributed by atoms with Gasteiger partial charge in [-0.3, -0.25) is 4.79 Å². The Balaban J connectivity index is 1.86. The lowest BCUT2D eigenvalue weighted by molar-refractivity contribution is -0.130. The summed E-state index contributed by atoms with van der Waals surface area (Å²) < 4.78 is 0. The zero-order valence-electron chi connectivity index (χ0n) is 11.4. The highest BCUT2D eigenvalue weighted by atomic mass is 16.2. The molecule has 0 aliphatic carbocycles. The number of carbonyl (C=O) groups excluding carboxylic acids is 1. The van der Waals surface area contributed by atoms with Crippen LogP contribution in [0.2, 0.25) is 0 Å². The molecule has 3 rings (SSSR count). The highest BCUT2D eigenvalue weighted by molar-refractivity contribution is 5.85. The molecule has 20 heavy (non-hydrogen) atoms. The van der Waals surface area contributed by atoms with E-state index >= 15 is 0 Å². The number of carbonyl (C=O) groups is 1. The van der Waals surface area contributed by atoms with Crippen molar-refractivity contribution in [2.75, 3.05) is 6.54 Å². The van der Waals surface area contributed by atoms with Crippen molar-refractivity contribution in [2.24, 2.45) is 0 Å². The predicted octanol–water partition coefficient (Wildman–Crippen LogP) is 3.28. The van der Waals surface area contributed by atoms with Gasteiger partial charge in [0.2, 0.25) is 5.91 Å². The Labute approximate surface area is 119 Å². The molecule has 0 unspecified atom stereocenters. The summed E-state index contributed by atoms with van der Waals surface area (Å²) in [5.41, 5.74) is 4.37. The van der Waals surface area contributed by atoms with E-state index in [0.29, 0.717) is 19.5 Å². The van der Waals surface area contributed by atoms with Gasteiger partial charge in [0.1, 0.15) is 0 Å². The molecule has 0 N–H and O–H groups in total. The summed E-state index contributed by atoms with van der Waals surface area (Å²) in [6.45, 7) is 5.40. The van der Waals surface area contributed by atoms with E-state index in [1.165, 1.54) is 0 Å². The fraction of sp³-hybridized carbons (Fsp3) is 0.167. The molecule has 0 atom stereocenters. The average molecular weight is 263 g/mol. The zero-order valence-corrected chi connectivity index (χ0v) is 11.4. The summed E-state index contributed by atoms with van der Waals surface area (Å²) in [6.07, 6.45) is 0.460. The molecule has 2 nitrogen and oxygen atoms in total. The number of nitrogens with zero attached hydrogens (tertiary/aromatic N) is 1. The van der Waals surface area contributed by atoms with Gasteiger partial charge in [0, 0.05) is 13.1 Å². The molecule has 2 aromatic rings. The van der Waals surface area contributed by atoms with E-state index in [0.717, 1.165) is 22.3 Å². The van der Waals surface area contributed by atoms with Gasteiger partial charge in [-0.2, -0.15) is 0 Å². The maximum Gasteiger partial charge on any atom is 0.227 e. The third-order valence-electron chi connectivity index (χ3n) is 3.69. The predicted molar refractivity (Wildman–Crippen MR) is 81.0 cm³/mol. The van der Waals surface area contributed by atoms with E-state index in [9.17, 15) is 4.79 Å². The van der Waals surface area contributed by atoms with Crippen LogP contribution < -0.4 is 0 Å². The molecular formula is C18H17NO. The minimum absolute atomic E-state index is 0.167. The van der Waals surface area contributed by atoms with Crippen molar-refractivity contribution >= 4 is 11.5 Å². The number of hydrogen-bond donors (Lipinski definition) is 0. The van der Waals surface area contributed by atoms with E-state index < -0.39 is 0 Å². The van der Waals surface area contributed by atoms with Gasteiger partial charge >= 0.3 is 0 Å². The van der Waals surface area contributed by atoms with Gasteiger partial charge in [-0.1, -0.05) is 61.2 Å². The summed E-state index contributed by atoms with van der Waals surface area (Å²) in [5.74, 6) is 0.167. The first-order valence-electron chi connectivity index (χ1n) is 6.82. The van der Waals surface area contributed by atoms with E-state index in [-0.39, 0.29) is 5.91 Å². The third-order valence-corrected chi connectivity index (χ3v) is 3.69. The second-order valence-corrected chi connectivity index (χ2v) is 5.17. The van der Waals surface area contributed by atoms with Crippen LogP contribution in [0.1, 0.15) is 16.7 Å². The SMILES string of the molecule is C=C1CN(Cc2ccccc2)C(=O)Cc2ccccc21. The first kappa shape index (κ1) is 12.7. The molecule has 1 aliphatic rings. The van der Waals surface area contributed by atoms with Crippen molar-refractivity contribution in [1.82, 2.24) is 4.90 Å². The molecule has 2 aromatic carbocycles. The average Bonchev–Trinajstić information content (AvgIpc) is 2.58. The van der Waals surface area contributed by atoms with Gasteiger partial charge < -0.3 is 4.90 Å². The van der Waals surface area contributed by atoms with Crippen LogP contribution >= 0.6 is 0 Å². The standard InChI is InChI=1S/C18H17NO/c1-14-12-19(13-15-7-3-2-4-8-15)18(20)11-16-9-5-6-10-17(14)16/h2-10H,1,11-13H2. The van der Waals surface area contributed by atoms with Gasteiger partial charge in [0.15, 0.2) is 0 Å². The number of hydrogen-bond acceptors (Lipinski definition) is 1. The summed E-state index contributed by atoms with van der Waals surface area (Å²) in [4.78, 5) is 14.3. The Morgan fingerprint density at radius 3 is 2.50 bits per heavy atom. The van der Waals surface area contributed by atoms with Crippen LogP contribution in [0.3, 0.4) is 0 Å². The van der Waals surface area contributed by atoms with E-state index in [1.807, 2.05) is 53.4 Å². The number of rotatable bonds is 2. The number of fused-ring (bicyclic) bond motifs is 1. The molecule has 2 heteroatoms. The molecular weight excluding hydrogens is 246 g/mol. The molecule has 0 radical (unpaired) electrons. The van der Waals surface area contributed by atoms with Gasteiger partial charge in [-0.05, 0) is 22.3 Å². The molecule has 0 spiro atoms. The van der Waals surface area contributed by atoms with Crippen LogP contribution in [0.5, 0.6) is 0 Å². The molecule has 1 amide bonds. The lowest BCUT2D eigenvalue weighted by atomic mass is 10.0. The number of benzene rings is 2. The molecule has 1 aliphatic heterocycles. The van der Waals surface area contributed by atoms with Crippen molar-refractivity contribution in [3.63, 3.8) is 0 Å². The van der Waals surface area contributed by atoms with Gasteiger partial charge in [0.25, 0.3) is 0 Å². The summed E-state index contributed by atoms with van der Waals surface area (Å²) in [5, 5.41) is 0. The molecule has 0 fully saturated rings. The summed E-state index contributed by atoms with van der Waals surface area (Å²) >= 11 is 0. The van der Waals surface area contributed by atoms with Crippen molar-refractivity contribution < 1.29 is 4.79 Å². The second-order valence-electron chi connectivity index (χ2n) is 5.17. The molecule has 0 saturated heterocycles. The minimum atomic E-state index is 0.167. The first-order valence-corrected chi connectivity index (χ1v) is 6.82.